The van der Waals surface area contributed by atoms with Gasteiger partial charge in [-0.2, -0.15) is 5.10 Å². The van der Waals surface area contributed by atoms with E-state index in [0.29, 0.717) is 6.61 Å². The van der Waals surface area contributed by atoms with E-state index >= 15 is 0 Å². The molecule has 0 amide bonds. The summed E-state index contributed by atoms with van der Waals surface area (Å²) in [6, 6.07) is 2.13. The molecule has 0 aromatic carbocycles. The van der Waals surface area contributed by atoms with Gasteiger partial charge in [0.25, 0.3) is 0 Å². The number of aryl methyl sites for hydroxylation is 2. The number of nitrogens with two attached hydrogens (primary N) is 1. The summed E-state index contributed by atoms with van der Waals surface area (Å²) >= 11 is 0. The lowest BCUT2D eigenvalue weighted by molar-refractivity contribution is 0.121. The van der Waals surface area contributed by atoms with E-state index in [1.54, 1.807) is 0 Å². The Balaban J connectivity index is 2.37. The molecule has 4 heteroatoms. The van der Waals surface area contributed by atoms with E-state index < -0.39 is 0 Å². The molecule has 86 valence electrons. The second-order valence-electron chi connectivity index (χ2n) is 3.94. The Morgan fingerprint density at radius 1 is 1.60 bits per heavy atom. The van der Waals surface area contributed by atoms with Crippen LogP contribution in [-0.2, 0) is 18.2 Å². The first-order valence-electron chi connectivity index (χ1n) is 5.46. The van der Waals surface area contributed by atoms with Gasteiger partial charge in [0.05, 0.1) is 12.3 Å². The second kappa shape index (κ2) is 5.88. The van der Waals surface area contributed by atoms with Crippen LogP contribution in [0, 0.1) is 6.92 Å². The van der Waals surface area contributed by atoms with Crippen LogP contribution < -0.4 is 5.73 Å². The maximum atomic E-state index is 5.96. The zero-order valence-electron chi connectivity index (χ0n) is 9.86. The molecule has 0 fully saturated rings. The van der Waals surface area contributed by atoms with Crippen molar-refractivity contribution in [3.05, 3.63) is 17.5 Å². The molecule has 0 aliphatic carbocycles. The Morgan fingerprint density at radius 3 is 2.87 bits per heavy atom. The minimum Gasteiger partial charge on any atom is -0.380 e. The molecule has 1 aromatic heterocycles. The van der Waals surface area contributed by atoms with Gasteiger partial charge in [-0.05, 0) is 19.4 Å². The number of aromatic nitrogens is 2. The van der Waals surface area contributed by atoms with E-state index in [-0.39, 0.29) is 6.04 Å². The summed E-state index contributed by atoms with van der Waals surface area (Å²) in [6.45, 7) is 5.49. The fourth-order valence-electron chi connectivity index (χ4n) is 1.56. The van der Waals surface area contributed by atoms with E-state index in [9.17, 15) is 0 Å². The van der Waals surface area contributed by atoms with Gasteiger partial charge in [0.15, 0.2) is 0 Å². The number of rotatable bonds is 6. The number of nitrogens with zero attached hydrogens (tertiary/aromatic N) is 2. The van der Waals surface area contributed by atoms with E-state index in [0.717, 1.165) is 25.1 Å². The molecule has 1 heterocycles. The Bertz CT molecular complexity index is 296. The normalized spacial score (nSPS) is 13.1. The molecule has 0 spiro atoms. The average molecular weight is 211 g/mol. The van der Waals surface area contributed by atoms with Gasteiger partial charge in [0.1, 0.15) is 0 Å². The zero-order chi connectivity index (χ0) is 11.3. The average Bonchev–Trinajstić information content (AvgIpc) is 2.45. The molecule has 0 bridgehead atoms. The third-order valence-corrected chi connectivity index (χ3v) is 2.25. The zero-order valence-corrected chi connectivity index (χ0v) is 9.86. The minimum absolute atomic E-state index is 0.0614. The summed E-state index contributed by atoms with van der Waals surface area (Å²) in [7, 11) is 1.95. The van der Waals surface area contributed by atoms with Crippen LogP contribution in [0.4, 0.5) is 0 Å². The van der Waals surface area contributed by atoms with Crippen LogP contribution in [-0.4, -0.2) is 29.0 Å². The predicted molar refractivity (Wildman–Crippen MR) is 60.7 cm³/mol. The molecule has 1 atom stereocenters. The van der Waals surface area contributed by atoms with E-state index in [1.165, 1.54) is 5.69 Å². The molecule has 0 saturated heterocycles. The van der Waals surface area contributed by atoms with Crippen molar-refractivity contribution >= 4 is 0 Å². The van der Waals surface area contributed by atoms with Gasteiger partial charge in [-0.3, -0.25) is 4.68 Å². The monoisotopic (exact) mass is 211 g/mol. The second-order valence-corrected chi connectivity index (χ2v) is 3.94. The van der Waals surface area contributed by atoms with E-state index in [4.69, 9.17) is 10.5 Å². The minimum atomic E-state index is 0.0614. The van der Waals surface area contributed by atoms with Crippen molar-refractivity contribution in [2.75, 3.05) is 13.2 Å². The van der Waals surface area contributed by atoms with Crippen molar-refractivity contribution in [2.45, 2.75) is 32.7 Å². The third-order valence-electron chi connectivity index (χ3n) is 2.25. The summed E-state index contributed by atoms with van der Waals surface area (Å²) in [5.74, 6) is 0. The van der Waals surface area contributed by atoms with Crippen molar-refractivity contribution < 1.29 is 4.74 Å². The molecule has 0 aliphatic rings. The Morgan fingerprint density at radius 2 is 2.33 bits per heavy atom. The number of ether oxygens (including phenoxy) is 1. The lowest BCUT2D eigenvalue weighted by atomic mass is 10.2. The molecule has 1 unspecified atom stereocenters. The molecule has 15 heavy (non-hydrogen) atoms. The molecule has 0 radical (unpaired) electrons. The fourth-order valence-corrected chi connectivity index (χ4v) is 1.56. The van der Waals surface area contributed by atoms with Crippen molar-refractivity contribution in [3.8, 4) is 0 Å². The van der Waals surface area contributed by atoms with Gasteiger partial charge in [0, 0.05) is 31.8 Å². The van der Waals surface area contributed by atoms with E-state index in [1.807, 2.05) is 18.7 Å². The van der Waals surface area contributed by atoms with Gasteiger partial charge in [-0.25, -0.2) is 0 Å². The highest BCUT2D eigenvalue weighted by Gasteiger charge is 2.08. The highest BCUT2D eigenvalue weighted by atomic mass is 16.5. The summed E-state index contributed by atoms with van der Waals surface area (Å²) in [6.07, 6.45) is 1.86. The van der Waals surface area contributed by atoms with Crippen LogP contribution in [0.3, 0.4) is 0 Å². The van der Waals surface area contributed by atoms with Gasteiger partial charge < -0.3 is 10.5 Å². The number of hydrogen-bond donors (Lipinski definition) is 1. The molecule has 4 nitrogen and oxygen atoms in total. The fraction of sp³-hybridized carbons (Fsp3) is 0.727. The molecule has 0 aliphatic heterocycles. The Kier molecular flexibility index (Phi) is 4.78. The van der Waals surface area contributed by atoms with Gasteiger partial charge >= 0.3 is 0 Å². The molecular weight excluding hydrogens is 190 g/mol. The first kappa shape index (κ1) is 12.2. The first-order chi connectivity index (χ1) is 7.13. The van der Waals surface area contributed by atoms with Gasteiger partial charge in [-0.1, -0.05) is 6.92 Å². The highest BCUT2D eigenvalue weighted by molar-refractivity contribution is 5.09. The summed E-state index contributed by atoms with van der Waals surface area (Å²) in [4.78, 5) is 0. The molecule has 2 N–H and O–H groups in total. The molecular formula is C11H21N3O. The maximum absolute atomic E-state index is 5.96. The van der Waals surface area contributed by atoms with E-state index in [2.05, 4.69) is 18.1 Å². The molecule has 0 saturated carbocycles. The quantitative estimate of drug-likeness (QED) is 0.715. The van der Waals surface area contributed by atoms with Crippen LogP contribution in [0.2, 0.25) is 0 Å². The lowest BCUT2D eigenvalue weighted by Gasteiger charge is -2.11. The third kappa shape index (κ3) is 4.01. The smallest absolute Gasteiger partial charge is 0.0621 e. The van der Waals surface area contributed by atoms with Crippen molar-refractivity contribution in [1.29, 1.82) is 0 Å². The Labute approximate surface area is 91.4 Å². The molecule has 1 aromatic rings. The first-order valence-corrected chi connectivity index (χ1v) is 5.46. The van der Waals surface area contributed by atoms with Crippen LogP contribution in [0.1, 0.15) is 24.7 Å². The topological polar surface area (TPSA) is 53.1 Å². The van der Waals surface area contributed by atoms with Gasteiger partial charge in [-0.15, -0.1) is 0 Å². The summed E-state index contributed by atoms with van der Waals surface area (Å²) in [5, 5.41) is 4.28. The molecule has 1 rings (SSSR count). The SMILES string of the molecule is CCCOCC(N)Cc1cc(C)nn1C. The van der Waals surface area contributed by atoms with Crippen LogP contribution in [0.5, 0.6) is 0 Å². The van der Waals surface area contributed by atoms with Crippen molar-refractivity contribution in [3.63, 3.8) is 0 Å². The predicted octanol–water partition coefficient (Wildman–Crippen LogP) is 1.02. The van der Waals surface area contributed by atoms with Crippen molar-refractivity contribution in [2.24, 2.45) is 12.8 Å². The van der Waals surface area contributed by atoms with Crippen LogP contribution in [0.25, 0.3) is 0 Å². The number of hydrogen-bond acceptors (Lipinski definition) is 3. The maximum Gasteiger partial charge on any atom is 0.0621 e. The standard InChI is InChI=1S/C11H21N3O/c1-4-5-15-8-10(12)7-11-6-9(2)13-14(11)3/h6,10H,4-5,7-8,12H2,1-3H3. The highest BCUT2D eigenvalue weighted by Crippen LogP contribution is 2.04. The lowest BCUT2D eigenvalue weighted by Crippen LogP contribution is -2.29. The van der Waals surface area contributed by atoms with Crippen LogP contribution >= 0.6 is 0 Å². The summed E-state index contributed by atoms with van der Waals surface area (Å²) < 4.78 is 7.29. The summed E-state index contributed by atoms with van der Waals surface area (Å²) in [5.41, 5.74) is 8.16. The Hall–Kier alpha value is -0.870. The van der Waals surface area contributed by atoms with Gasteiger partial charge in [0.2, 0.25) is 0 Å². The largest absolute Gasteiger partial charge is 0.380 e. The van der Waals surface area contributed by atoms with Crippen LogP contribution in [0.15, 0.2) is 6.07 Å². The van der Waals surface area contributed by atoms with Crippen molar-refractivity contribution in [1.82, 2.24) is 9.78 Å².